The maximum Gasteiger partial charge on any atom is 0.322 e. The van der Waals surface area contributed by atoms with E-state index in [9.17, 15) is 0 Å². The van der Waals surface area contributed by atoms with Gasteiger partial charge in [0.25, 0.3) is 0 Å². The summed E-state index contributed by atoms with van der Waals surface area (Å²) in [5, 5.41) is 3.18. The molecule has 0 atom stereocenters. The van der Waals surface area contributed by atoms with Gasteiger partial charge in [-0.2, -0.15) is 15.0 Å². The van der Waals surface area contributed by atoms with Gasteiger partial charge in [-0.3, -0.25) is 0 Å². The quantitative estimate of drug-likeness (QED) is 0.773. The van der Waals surface area contributed by atoms with Crippen molar-refractivity contribution < 1.29 is 4.74 Å². The zero-order valence-corrected chi connectivity index (χ0v) is 13.3. The van der Waals surface area contributed by atoms with Crippen molar-refractivity contribution >= 4 is 11.9 Å². The number of nitrogens with zero attached hydrogens (tertiary/aromatic N) is 5. The van der Waals surface area contributed by atoms with Crippen LogP contribution in [0.15, 0.2) is 0 Å². The number of ether oxygens (including phenoxy) is 1. The topological polar surface area (TPSA) is 66.4 Å². The van der Waals surface area contributed by atoms with Crippen LogP contribution in [0.1, 0.15) is 26.2 Å². The van der Waals surface area contributed by atoms with Crippen LogP contribution in [0.4, 0.5) is 11.9 Å². The van der Waals surface area contributed by atoms with E-state index in [0.29, 0.717) is 17.9 Å². The van der Waals surface area contributed by atoms with Crippen molar-refractivity contribution in [2.75, 3.05) is 57.1 Å². The molecule has 0 bridgehead atoms. The van der Waals surface area contributed by atoms with E-state index in [2.05, 4.69) is 37.0 Å². The number of anilines is 2. The lowest BCUT2D eigenvalue weighted by Gasteiger charge is -2.21. The summed E-state index contributed by atoms with van der Waals surface area (Å²) < 4.78 is 5.16. The Hall–Kier alpha value is -1.63. The van der Waals surface area contributed by atoms with Crippen molar-refractivity contribution in [1.29, 1.82) is 0 Å². The summed E-state index contributed by atoms with van der Waals surface area (Å²) in [6.45, 7) is 7.30. The Kier molecular flexibility index (Phi) is 5.98. The van der Waals surface area contributed by atoms with Gasteiger partial charge < -0.3 is 19.9 Å². The first kappa shape index (κ1) is 15.8. The Balaban J connectivity index is 1.98. The second-order valence-corrected chi connectivity index (χ2v) is 5.34. The third kappa shape index (κ3) is 4.70. The highest BCUT2D eigenvalue weighted by Gasteiger charge is 2.14. The van der Waals surface area contributed by atoms with Gasteiger partial charge in [-0.25, -0.2) is 0 Å². The highest BCUT2D eigenvalue weighted by molar-refractivity contribution is 5.37. The van der Waals surface area contributed by atoms with E-state index in [1.54, 1.807) is 7.11 Å². The Morgan fingerprint density at radius 3 is 2.67 bits per heavy atom. The molecule has 0 radical (unpaired) electrons. The third-order valence-electron chi connectivity index (χ3n) is 3.61. The molecule has 0 aromatic carbocycles. The number of hydrogen-bond acceptors (Lipinski definition) is 7. The molecule has 1 aromatic rings. The summed E-state index contributed by atoms with van der Waals surface area (Å²) in [5.41, 5.74) is 0. The lowest BCUT2D eigenvalue weighted by molar-refractivity contribution is 0.345. The summed E-state index contributed by atoms with van der Waals surface area (Å²) >= 11 is 0. The summed E-state index contributed by atoms with van der Waals surface area (Å²) in [4.78, 5) is 17.5. The van der Waals surface area contributed by atoms with Crippen LogP contribution >= 0.6 is 0 Å². The first-order valence-corrected chi connectivity index (χ1v) is 7.70. The molecule has 1 saturated heterocycles. The Morgan fingerprint density at radius 1 is 1.24 bits per heavy atom. The van der Waals surface area contributed by atoms with Gasteiger partial charge in [-0.15, -0.1) is 0 Å². The van der Waals surface area contributed by atoms with Crippen molar-refractivity contribution in [2.24, 2.45) is 0 Å². The van der Waals surface area contributed by atoms with E-state index in [1.165, 1.54) is 25.9 Å². The van der Waals surface area contributed by atoms with Gasteiger partial charge in [-0.05, 0) is 32.4 Å². The SMILES string of the molecule is CCCNc1nc(OC)nc(N(C)CCN2CCCC2)n1. The normalized spacial score (nSPS) is 15.2. The zero-order valence-electron chi connectivity index (χ0n) is 13.3. The number of likely N-dealkylation sites (N-methyl/N-ethyl adjacent to an activating group) is 1. The average Bonchev–Trinajstić information content (AvgIpc) is 3.03. The molecule has 1 aliphatic rings. The van der Waals surface area contributed by atoms with Crippen molar-refractivity contribution in [1.82, 2.24) is 19.9 Å². The Bertz CT molecular complexity index is 435. The van der Waals surface area contributed by atoms with Crippen LogP contribution in [-0.4, -0.2) is 66.7 Å². The van der Waals surface area contributed by atoms with Crippen LogP contribution in [-0.2, 0) is 0 Å². The highest BCUT2D eigenvalue weighted by atomic mass is 16.5. The molecule has 21 heavy (non-hydrogen) atoms. The fourth-order valence-corrected chi connectivity index (χ4v) is 2.32. The number of likely N-dealkylation sites (tertiary alicyclic amines) is 1. The van der Waals surface area contributed by atoms with Crippen LogP contribution in [0.2, 0.25) is 0 Å². The fourth-order valence-electron chi connectivity index (χ4n) is 2.32. The summed E-state index contributed by atoms with van der Waals surface area (Å²) in [7, 11) is 3.58. The maximum absolute atomic E-state index is 5.16. The largest absolute Gasteiger partial charge is 0.467 e. The minimum Gasteiger partial charge on any atom is -0.467 e. The van der Waals surface area contributed by atoms with E-state index < -0.39 is 0 Å². The summed E-state index contributed by atoms with van der Waals surface area (Å²) in [6.07, 6.45) is 3.65. The second-order valence-electron chi connectivity index (χ2n) is 5.34. The Morgan fingerprint density at radius 2 is 2.00 bits per heavy atom. The van der Waals surface area contributed by atoms with Crippen molar-refractivity contribution in [3.8, 4) is 6.01 Å². The van der Waals surface area contributed by atoms with Crippen LogP contribution in [0.5, 0.6) is 6.01 Å². The molecule has 1 fully saturated rings. The van der Waals surface area contributed by atoms with E-state index in [0.717, 1.165) is 26.1 Å². The number of rotatable bonds is 8. The molecule has 2 heterocycles. The third-order valence-corrected chi connectivity index (χ3v) is 3.61. The minimum atomic E-state index is 0.353. The molecule has 1 aromatic heterocycles. The van der Waals surface area contributed by atoms with Gasteiger partial charge in [0.2, 0.25) is 11.9 Å². The highest BCUT2D eigenvalue weighted by Crippen LogP contribution is 2.14. The van der Waals surface area contributed by atoms with Gasteiger partial charge >= 0.3 is 6.01 Å². The number of aromatic nitrogens is 3. The number of hydrogen-bond donors (Lipinski definition) is 1. The lowest BCUT2D eigenvalue weighted by Crippen LogP contribution is -2.32. The van der Waals surface area contributed by atoms with Crippen LogP contribution in [0.25, 0.3) is 0 Å². The standard InChI is InChI=1S/C14H26N6O/c1-4-7-15-12-16-13(18-14(17-12)21-3)19(2)10-11-20-8-5-6-9-20/h4-11H2,1-3H3,(H,15,16,17,18). The van der Waals surface area contributed by atoms with Crippen LogP contribution in [0.3, 0.4) is 0 Å². The van der Waals surface area contributed by atoms with E-state index in [1.807, 2.05) is 7.05 Å². The molecule has 0 saturated carbocycles. The number of nitrogens with one attached hydrogen (secondary N) is 1. The van der Waals surface area contributed by atoms with Crippen LogP contribution < -0.4 is 15.0 Å². The molecular weight excluding hydrogens is 268 g/mol. The van der Waals surface area contributed by atoms with Crippen molar-refractivity contribution in [3.63, 3.8) is 0 Å². The van der Waals surface area contributed by atoms with E-state index in [4.69, 9.17) is 4.74 Å². The first-order chi connectivity index (χ1) is 10.2. The zero-order chi connectivity index (χ0) is 15.1. The molecule has 1 aliphatic heterocycles. The van der Waals surface area contributed by atoms with Gasteiger partial charge in [-0.1, -0.05) is 6.92 Å². The number of methoxy groups -OCH3 is 1. The van der Waals surface area contributed by atoms with Crippen LogP contribution in [0, 0.1) is 0 Å². The van der Waals surface area contributed by atoms with E-state index >= 15 is 0 Å². The van der Waals surface area contributed by atoms with Gasteiger partial charge in [0.05, 0.1) is 7.11 Å². The monoisotopic (exact) mass is 294 g/mol. The molecule has 0 spiro atoms. The molecule has 2 rings (SSSR count). The smallest absolute Gasteiger partial charge is 0.322 e. The van der Waals surface area contributed by atoms with Crippen molar-refractivity contribution in [2.45, 2.75) is 26.2 Å². The van der Waals surface area contributed by atoms with Gasteiger partial charge in [0.1, 0.15) is 0 Å². The molecule has 0 unspecified atom stereocenters. The molecule has 7 nitrogen and oxygen atoms in total. The van der Waals surface area contributed by atoms with Crippen molar-refractivity contribution in [3.05, 3.63) is 0 Å². The lowest BCUT2D eigenvalue weighted by atomic mass is 10.4. The minimum absolute atomic E-state index is 0.353. The Labute approximate surface area is 126 Å². The second kappa shape index (κ2) is 7.97. The summed E-state index contributed by atoms with van der Waals surface area (Å²) in [6, 6.07) is 0.353. The van der Waals surface area contributed by atoms with E-state index in [-0.39, 0.29) is 0 Å². The molecule has 7 heteroatoms. The molecule has 0 amide bonds. The maximum atomic E-state index is 5.16. The predicted molar refractivity (Wildman–Crippen MR) is 84.1 cm³/mol. The summed E-state index contributed by atoms with van der Waals surface area (Å²) in [5.74, 6) is 1.23. The van der Waals surface area contributed by atoms with Gasteiger partial charge in [0.15, 0.2) is 0 Å². The molecular formula is C14H26N6O. The first-order valence-electron chi connectivity index (χ1n) is 7.70. The average molecular weight is 294 g/mol. The molecule has 1 N–H and O–H groups in total. The predicted octanol–water partition coefficient (Wildman–Crippen LogP) is 1.23. The molecule has 0 aliphatic carbocycles. The fraction of sp³-hybridized carbons (Fsp3) is 0.786. The van der Waals surface area contributed by atoms with Gasteiger partial charge in [0, 0.05) is 26.7 Å². The molecule has 118 valence electrons.